The van der Waals surface area contributed by atoms with E-state index in [1.54, 1.807) is 0 Å². The summed E-state index contributed by atoms with van der Waals surface area (Å²) in [4.78, 5) is 44.5. The molecule has 0 N–H and O–H groups in total. The van der Waals surface area contributed by atoms with Gasteiger partial charge in [-0.2, -0.15) is 35.3 Å². The van der Waals surface area contributed by atoms with Crippen LogP contribution in [0.2, 0.25) is 0 Å². The summed E-state index contributed by atoms with van der Waals surface area (Å²) >= 11 is 5.74. The van der Waals surface area contributed by atoms with E-state index < -0.39 is 0 Å². The molecule has 408 valence electrons. The topological polar surface area (TPSA) is 88.6 Å². The van der Waals surface area contributed by atoms with Crippen molar-refractivity contribution in [3.63, 3.8) is 0 Å². The van der Waals surface area contributed by atoms with Crippen molar-refractivity contribution < 1.29 is 28.6 Å². The van der Waals surface area contributed by atoms with Crippen molar-refractivity contribution in [2.24, 2.45) is 0 Å². The molecule has 0 saturated carbocycles. The number of nitrogens with zero attached hydrogens (tertiary/aromatic N) is 3. The Kier molecular flexibility index (Phi) is 51.6. The quantitative estimate of drug-likeness (QED) is 0.0330. The molecule has 0 bridgehead atoms. The van der Waals surface area contributed by atoms with Gasteiger partial charge in [-0.25, -0.2) is 0 Å². The van der Waals surface area contributed by atoms with Crippen molar-refractivity contribution in [2.75, 3.05) is 113 Å². The Balaban J connectivity index is 2.24. The number of hydrogen-bond acceptors (Lipinski definition) is 12. The maximum Gasteiger partial charge on any atom is 0.305 e. The first-order chi connectivity index (χ1) is 34.0. The van der Waals surface area contributed by atoms with E-state index in [4.69, 9.17) is 14.2 Å². The van der Waals surface area contributed by atoms with Gasteiger partial charge in [-0.1, -0.05) is 156 Å². The molecule has 0 amide bonds. The zero-order chi connectivity index (χ0) is 49.8. The van der Waals surface area contributed by atoms with Gasteiger partial charge in [0, 0.05) is 75.8 Å². The van der Waals surface area contributed by atoms with Crippen molar-refractivity contribution in [1.29, 1.82) is 0 Å². The Hall–Kier alpha value is -0.660. The lowest BCUT2D eigenvalue weighted by Crippen LogP contribution is -2.48. The predicted molar refractivity (Wildman–Crippen MR) is 304 cm³/mol. The SMILES string of the molecule is CCCCCCSCCOC(=O)CCCCCCCCN(CCCCCCCCC(=O)OCCSCCCCCC)CCN1CCN(CCCCCCCCC(=O)OCCSCCCCCC)CC1. The molecule has 1 rings (SSSR count). The van der Waals surface area contributed by atoms with Crippen molar-refractivity contribution in [3.05, 3.63) is 0 Å². The van der Waals surface area contributed by atoms with Crippen LogP contribution in [0.3, 0.4) is 0 Å². The molecule has 0 aliphatic carbocycles. The highest BCUT2D eigenvalue weighted by Gasteiger charge is 2.17. The molecular formula is C57H111N3O6S3. The number of piperazine rings is 1. The van der Waals surface area contributed by atoms with E-state index in [0.29, 0.717) is 39.1 Å². The second-order valence-corrected chi connectivity index (χ2v) is 23.5. The van der Waals surface area contributed by atoms with Crippen LogP contribution in [-0.2, 0) is 28.6 Å². The highest BCUT2D eigenvalue weighted by molar-refractivity contribution is 7.99. The molecule has 1 aliphatic rings. The van der Waals surface area contributed by atoms with Gasteiger partial charge >= 0.3 is 17.9 Å². The number of thioether (sulfide) groups is 3. The minimum absolute atomic E-state index is 0.0141. The van der Waals surface area contributed by atoms with Crippen LogP contribution in [0, 0.1) is 0 Å². The fourth-order valence-corrected chi connectivity index (χ4v) is 11.3. The van der Waals surface area contributed by atoms with Gasteiger partial charge in [0.2, 0.25) is 0 Å². The van der Waals surface area contributed by atoms with Gasteiger partial charge in [0.05, 0.1) is 0 Å². The minimum Gasteiger partial charge on any atom is -0.465 e. The number of hydrogen-bond donors (Lipinski definition) is 0. The Morgan fingerprint density at radius 1 is 0.348 bits per heavy atom. The van der Waals surface area contributed by atoms with Crippen LogP contribution in [0.5, 0.6) is 0 Å². The Bertz CT molecular complexity index is 1070. The molecular weight excluding hydrogens is 919 g/mol. The van der Waals surface area contributed by atoms with Crippen LogP contribution >= 0.6 is 35.3 Å². The molecule has 1 saturated heterocycles. The third-order valence-electron chi connectivity index (χ3n) is 13.4. The second kappa shape index (κ2) is 53.6. The zero-order valence-corrected chi connectivity index (χ0v) is 48.0. The van der Waals surface area contributed by atoms with Crippen LogP contribution in [0.4, 0.5) is 0 Å². The number of carbonyl (C=O) groups excluding carboxylic acids is 3. The third kappa shape index (κ3) is 48.1. The molecule has 9 nitrogen and oxygen atoms in total. The van der Waals surface area contributed by atoms with E-state index >= 15 is 0 Å². The lowest BCUT2D eigenvalue weighted by Gasteiger charge is -2.36. The van der Waals surface area contributed by atoms with E-state index in [0.717, 1.165) is 62.3 Å². The van der Waals surface area contributed by atoms with Crippen molar-refractivity contribution in [3.8, 4) is 0 Å². The average Bonchev–Trinajstić information content (AvgIpc) is 3.35. The second-order valence-electron chi connectivity index (χ2n) is 19.8. The molecule has 1 fully saturated rings. The fourth-order valence-electron chi connectivity index (χ4n) is 8.85. The van der Waals surface area contributed by atoms with E-state index in [9.17, 15) is 14.4 Å². The number of esters is 3. The molecule has 0 radical (unpaired) electrons. The number of unbranched alkanes of at least 4 members (excludes halogenated alkanes) is 24. The summed E-state index contributed by atoms with van der Waals surface area (Å²) in [6, 6.07) is 0. The Morgan fingerprint density at radius 2 is 0.652 bits per heavy atom. The molecule has 0 aromatic rings. The molecule has 12 heteroatoms. The summed E-state index contributed by atoms with van der Waals surface area (Å²) in [6.07, 6.45) is 38.5. The lowest BCUT2D eigenvalue weighted by atomic mass is 10.1. The maximum atomic E-state index is 12.2. The van der Waals surface area contributed by atoms with Gasteiger partial charge < -0.3 is 24.0 Å². The monoisotopic (exact) mass is 1030 g/mol. The average molecular weight is 1030 g/mol. The first kappa shape index (κ1) is 66.4. The summed E-state index contributed by atoms with van der Waals surface area (Å²) in [5.41, 5.74) is 0. The molecule has 0 atom stereocenters. The van der Waals surface area contributed by atoms with Crippen LogP contribution < -0.4 is 0 Å². The summed E-state index contributed by atoms with van der Waals surface area (Å²) < 4.78 is 16.4. The van der Waals surface area contributed by atoms with E-state index in [2.05, 4.69) is 35.5 Å². The van der Waals surface area contributed by atoms with E-state index in [1.165, 1.54) is 224 Å². The summed E-state index contributed by atoms with van der Waals surface area (Å²) in [6.45, 7) is 19.1. The lowest BCUT2D eigenvalue weighted by molar-refractivity contribution is -0.144. The Labute approximate surface area is 440 Å². The zero-order valence-electron chi connectivity index (χ0n) is 45.6. The van der Waals surface area contributed by atoms with Crippen LogP contribution in [-0.4, -0.2) is 146 Å². The highest BCUT2D eigenvalue weighted by atomic mass is 32.2. The van der Waals surface area contributed by atoms with Gasteiger partial charge in [0.1, 0.15) is 19.8 Å². The Morgan fingerprint density at radius 3 is 1.01 bits per heavy atom. The van der Waals surface area contributed by atoms with Crippen molar-refractivity contribution in [2.45, 2.75) is 233 Å². The fraction of sp³-hybridized carbons (Fsp3) is 0.947. The molecule has 0 aromatic heterocycles. The van der Waals surface area contributed by atoms with Crippen molar-refractivity contribution >= 4 is 53.2 Å². The number of carbonyl (C=O) groups is 3. The minimum atomic E-state index is -0.0184. The largest absolute Gasteiger partial charge is 0.465 e. The highest BCUT2D eigenvalue weighted by Crippen LogP contribution is 2.15. The van der Waals surface area contributed by atoms with Gasteiger partial charge in [0.25, 0.3) is 0 Å². The van der Waals surface area contributed by atoms with Gasteiger partial charge in [-0.05, 0) is 94.7 Å². The maximum absolute atomic E-state index is 12.2. The first-order valence-electron chi connectivity index (χ1n) is 29.4. The molecule has 0 unspecified atom stereocenters. The van der Waals surface area contributed by atoms with Crippen molar-refractivity contribution in [1.82, 2.24) is 14.7 Å². The van der Waals surface area contributed by atoms with Gasteiger partial charge in [-0.3, -0.25) is 19.3 Å². The molecule has 69 heavy (non-hydrogen) atoms. The number of rotatable bonds is 54. The van der Waals surface area contributed by atoms with Gasteiger partial charge in [0.15, 0.2) is 0 Å². The summed E-state index contributed by atoms with van der Waals surface area (Å²) in [5, 5.41) is 0. The smallest absolute Gasteiger partial charge is 0.305 e. The summed E-state index contributed by atoms with van der Waals surface area (Å²) in [7, 11) is 0. The first-order valence-corrected chi connectivity index (χ1v) is 32.8. The predicted octanol–water partition coefficient (Wildman–Crippen LogP) is 14.7. The standard InChI is InChI=1S/C57H111N3O6S3/c1-4-7-10-31-49-67-52-46-64-55(61)34-25-19-13-16-22-28-37-58(38-29-23-17-14-20-26-35-56(62)65-47-53-68-50-32-11-8-5-2)40-43-60-44-41-59(42-45-60)39-30-24-18-15-21-27-36-57(63)66-48-54-69-51-33-12-9-6-3/h4-54H2,1-3H3. The molecule has 1 heterocycles. The third-order valence-corrected chi connectivity index (χ3v) is 16.5. The molecule has 1 aliphatic heterocycles. The normalized spacial score (nSPS) is 13.4. The molecule has 0 spiro atoms. The van der Waals surface area contributed by atoms with E-state index in [1.807, 2.05) is 35.3 Å². The van der Waals surface area contributed by atoms with Gasteiger partial charge in [-0.15, -0.1) is 0 Å². The number of ether oxygens (including phenoxy) is 3. The van der Waals surface area contributed by atoms with Crippen LogP contribution in [0.15, 0.2) is 0 Å². The van der Waals surface area contributed by atoms with Crippen LogP contribution in [0.1, 0.15) is 233 Å². The van der Waals surface area contributed by atoms with E-state index in [-0.39, 0.29) is 17.9 Å². The van der Waals surface area contributed by atoms with Crippen LogP contribution in [0.25, 0.3) is 0 Å². The summed E-state index contributed by atoms with van der Waals surface area (Å²) in [5.74, 6) is 6.27. The molecule has 0 aromatic carbocycles.